The smallest absolute Gasteiger partial charge is 0.216 e. The Labute approximate surface area is 123 Å². The van der Waals surface area contributed by atoms with Crippen molar-refractivity contribution in [3.63, 3.8) is 0 Å². The van der Waals surface area contributed by atoms with Crippen molar-refractivity contribution in [1.29, 1.82) is 5.41 Å². The predicted octanol–water partition coefficient (Wildman–Crippen LogP) is 1.88. The summed E-state index contributed by atoms with van der Waals surface area (Å²) in [4.78, 5) is 13.1. The van der Waals surface area contributed by atoms with Crippen LogP contribution < -0.4 is 16.0 Å². The van der Waals surface area contributed by atoms with E-state index >= 15 is 0 Å². The molecule has 0 atom stereocenters. The van der Waals surface area contributed by atoms with Crippen LogP contribution in [-0.2, 0) is 4.79 Å². The molecule has 0 bridgehead atoms. The fraction of sp³-hybridized carbons (Fsp3) is 0.429. The monoisotopic (exact) mass is 294 g/mol. The van der Waals surface area contributed by atoms with Gasteiger partial charge in [0.05, 0.1) is 0 Å². The molecule has 0 unspecified atom stereocenters. The summed E-state index contributed by atoms with van der Waals surface area (Å²) in [6, 6.07) is 3.48. The maximum Gasteiger partial charge on any atom is 0.216 e. The van der Waals surface area contributed by atoms with Crippen molar-refractivity contribution in [3.05, 3.63) is 22.7 Å². The van der Waals surface area contributed by atoms with E-state index in [0.29, 0.717) is 22.8 Å². The van der Waals surface area contributed by atoms with Crippen molar-refractivity contribution < 1.29 is 4.79 Å². The Morgan fingerprint density at radius 3 is 2.80 bits per heavy atom. The first kappa shape index (κ1) is 14.7. The fourth-order valence-corrected chi connectivity index (χ4v) is 2.76. The van der Waals surface area contributed by atoms with Gasteiger partial charge >= 0.3 is 0 Å². The molecule has 1 aliphatic rings. The van der Waals surface area contributed by atoms with E-state index < -0.39 is 0 Å². The van der Waals surface area contributed by atoms with Gasteiger partial charge in [-0.2, -0.15) is 0 Å². The van der Waals surface area contributed by atoms with E-state index in [2.05, 4.69) is 17.1 Å². The Hall–Kier alpha value is -1.75. The maximum absolute atomic E-state index is 11.0. The van der Waals surface area contributed by atoms with Crippen LogP contribution in [0.4, 0.5) is 11.4 Å². The number of halogens is 1. The molecule has 1 saturated heterocycles. The summed E-state index contributed by atoms with van der Waals surface area (Å²) in [6.07, 6.45) is 1.25. The Morgan fingerprint density at radius 2 is 2.25 bits per heavy atom. The number of hydrogen-bond acceptors (Lipinski definition) is 4. The first-order valence-corrected chi connectivity index (χ1v) is 6.81. The molecule has 6 heteroatoms. The fourth-order valence-electron chi connectivity index (χ4n) is 2.54. The number of amides is 1. The van der Waals surface area contributed by atoms with Gasteiger partial charge < -0.3 is 21.4 Å². The van der Waals surface area contributed by atoms with Gasteiger partial charge in [-0.05, 0) is 12.1 Å². The number of carbonyl (C=O) groups is 1. The van der Waals surface area contributed by atoms with Gasteiger partial charge in [0, 0.05) is 60.1 Å². The summed E-state index contributed by atoms with van der Waals surface area (Å²) < 4.78 is 0. The Kier molecular flexibility index (Phi) is 3.90. The quantitative estimate of drug-likeness (QED) is 0.586. The van der Waals surface area contributed by atoms with Gasteiger partial charge in [0.1, 0.15) is 0 Å². The molecule has 108 valence electrons. The van der Waals surface area contributed by atoms with E-state index in [1.807, 2.05) is 6.07 Å². The van der Waals surface area contributed by atoms with Crippen LogP contribution in [0.1, 0.15) is 19.4 Å². The van der Waals surface area contributed by atoms with Crippen LogP contribution >= 0.6 is 11.6 Å². The van der Waals surface area contributed by atoms with E-state index in [9.17, 15) is 4.79 Å². The lowest BCUT2D eigenvalue weighted by molar-refractivity contribution is -0.119. The normalized spacial score (nSPS) is 16.4. The highest BCUT2D eigenvalue weighted by Crippen LogP contribution is 2.38. The average Bonchev–Trinajstić information content (AvgIpc) is 2.32. The summed E-state index contributed by atoms with van der Waals surface area (Å²) in [5.74, 6) is -0.0168. The standard InChI is InChI=1S/C14H19ClN4O/c1-9(20)18-6-14(2)7-19(8-14)13-4-10(15)3-12(17)11(13)5-16/h3-5,16H,6-8,17H2,1-2H3,(H,18,20). The number of hydrogen-bond donors (Lipinski definition) is 3. The van der Waals surface area contributed by atoms with Crippen LogP contribution in [0.2, 0.25) is 5.02 Å². The van der Waals surface area contributed by atoms with E-state index in [4.69, 9.17) is 22.7 Å². The largest absolute Gasteiger partial charge is 0.398 e. The highest BCUT2D eigenvalue weighted by molar-refractivity contribution is 6.31. The molecule has 5 nitrogen and oxygen atoms in total. The van der Waals surface area contributed by atoms with E-state index in [1.54, 1.807) is 6.07 Å². The third-order valence-electron chi connectivity index (χ3n) is 3.55. The number of nitrogens with one attached hydrogen (secondary N) is 2. The molecule has 0 radical (unpaired) electrons. The molecule has 2 rings (SSSR count). The molecule has 1 amide bonds. The summed E-state index contributed by atoms with van der Waals surface area (Å²) in [7, 11) is 0. The third-order valence-corrected chi connectivity index (χ3v) is 3.77. The van der Waals surface area contributed by atoms with Gasteiger partial charge in [-0.15, -0.1) is 0 Å². The van der Waals surface area contributed by atoms with Crippen molar-refractivity contribution in [3.8, 4) is 0 Å². The zero-order valence-electron chi connectivity index (χ0n) is 11.7. The molecule has 1 heterocycles. The Bertz CT molecular complexity index is 552. The minimum absolute atomic E-state index is 0.0168. The summed E-state index contributed by atoms with van der Waals surface area (Å²) in [5.41, 5.74) is 8.02. The summed E-state index contributed by atoms with van der Waals surface area (Å²) >= 11 is 6.04. The lowest BCUT2D eigenvalue weighted by Gasteiger charge is -2.50. The second-order valence-corrected chi connectivity index (χ2v) is 6.09. The van der Waals surface area contributed by atoms with Crippen molar-refractivity contribution in [1.82, 2.24) is 5.32 Å². The van der Waals surface area contributed by atoms with Crippen LogP contribution in [-0.4, -0.2) is 31.8 Å². The number of nitrogen functional groups attached to an aromatic ring is 1. The second kappa shape index (κ2) is 5.32. The summed E-state index contributed by atoms with van der Waals surface area (Å²) in [5, 5.41) is 10.9. The molecule has 0 spiro atoms. The number of rotatable bonds is 4. The summed E-state index contributed by atoms with van der Waals surface area (Å²) in [6.45, 7) is 5.89. The Morgan fingerprint density at radius 1 is 1.60 bits per heavy atom. The van der Waals surface area contributed by atoms with Gasteiger partial charge in [-0.25, -0.2) is 0 Å². The minimum atomic E-state index is -0.0168. The van der Waals surface area contributed by atoms with Crippen LogP contribution in [0.5, 0.6) is 0 Å². The topological polar surface area (TPSA) is 82.2 Å². The van der Waals surface area contributed by atoms with Crippen molar-refractivity contribution >= 4 is 35.1 Å². The van der Waals surface area contributed by atoms with Crippen LogP contribution in [0, 0.1) is 10.8 Å². The molecule has 0 aliphatic carbocycles. The van der Waals surface area contributed by atoms with Crippen LogP contribution in [0.15, 0.2) is 12.1 Å². The number of benzene rings is 1. The van der Waals surface area contributed by atoms with Gasteiger partial charge in [-0.3, -0.25) is 4.79 Å². The zero-order chi connectivity index (χ0) is 14.9. The van der Waals surface area contributed by atoms with E-state index in [-0.39, 0.29) is 11.3 Å². The number of anilines is 2. The molecule has 1 aromatic rings. The molecule has 1 aliphatic heterocycles. The van der Waals surface area contributed by atoms with Crippen LogP contribution in [0.3, 0.4) is 0 Å². The average molecular weight is 295 g/mol. The minimum Gasteiger partial charge on any atom is -0.398 e. The van der Waals surface area contributed by atoms with Crippen molar-refractivity contribution in [2.24, 2.45) is 5.41 Å². The molecule has 1 aromatic carbocycles. The molecule has 0 aromatic heterocycles. The van der Waals surface area contributed by atoms with Crippen molar-refractivity contribution in [2.45, 2.75) is 13.8 Å². The SMILES string of the molecule is CC(=O)NCC1(C)CN(c2cc(Cl)cc(N)c2C=N)C1. The molecule has 20 heavy (non-hydrogen) atoms. The second-order valence-electron chi connectivity index (χ2n) is 5.65. The molecular weight excluding hydrogens is 276 g/mol. The van der Waals surface area contributed by atoms with Gasteiger partial charge in [0.25, 0.3) is 0 Å². The first-order chi connectivity index (χ1) is 9.34. The third kappa shape index (κ3) is 2.88. The zero-order valence-corrected chi connectivity index (χ0v) is 12.4. The van der Waals surface area contributed by atoms with E-state index in [1.165, 1.54) is 13.1 Å². The van der Waals surface area contributed by atoms with E-state index in [0.717, 1.165) is 18.8 Å². The van der Waals surface area contributed by atoms with Gasteiger partial charge in [0.15, 0.2) is 0 Å². The highest BCUT2D eigenvalue weighted by Gasteiger charge is 2.39. The van der Waals surface area contributed by atoms with Gasteiger partial charge in [-0.1, -0.05) is 18.5 Å². The Balaban J connectivity index is 2.13. The lowest BCUT2D eigenvalue weighted by atomic mass is 9.81. The number of nitrogens with zero attached hydrogens (tertiary/aromatic N) is 1. The molecule has 0 saturated carbocycles. The highest BCUT2D eigenvalue weighted by atomic mass is 35.5. The van der Waals surface area contributed by atoms with Gasteiger partial charge in [0.2, 0.25) is 5.91 Å². The van der Waals surface area contributed by atoms with Crippen molar-refractivity contribution in [2.75, 3.05) is 30.3 Å². The molecule has 4 N–H and O–H groups in total. The molecule has 1 fully saturated rings. The molecular formula is C14H19ClN4O. The number of nitrogens with two attached hydrogens (primary N) is 1. The first-order valence-electron chi connectivity index (χ1n) is 6.43. The lowest BCUT2D eigenvalue weighted by Crippen LogP contribution is -2.59. The maximum atomic E-state index is 11.0. The number of carbonyl (C=O) groups excluding carboxylic acids is 1. The predicted molar refractivity (Wildman–Crippen MR) is 82.8 cm³/mol. The van der Waals surface area contributed by atoms with Crippen LogP contribution in [0.25, 0.3) is 0 Å².